The smallest absolute Gasteiger partial charge is 0.161 e. The Labute approximate surface area is 134 Å². The summed E-state index contributed by atoms with van der Waals surface area (Å²) in [5, 5.41) is 39.0. The fourth-order valence-electron chi connectivity index (χ4n) is 2.73. The number of methoxy groups -OCH3 is 1. The molecule has 1 fully saturated rings. The van der Waals surface area contributed by atoms with E-state index in [1.165, 1.54) is 20.1 Å². The van der Waals surface area contributed by atoms with Gasteiger partial charge in [0.25, 0.3) is 0 Å². The zero-order valence-corrected chi connectivity index (χ0v) is 13.0. The topological polar surface area (TPSA) is 116 Å². The first-order valence-electron chi connectivity index (χ1n) is 7.39. The first kappa shape index (κ1) is 17.7. The van der Waals surface area contributed by atoms with E-state index in [4.69, 9.17) is 9.47 Å². The summed E-state index contributed by atoms with van der Waals surface area (Å²) in [5.41, 5.74) is 0.460. The highest BCUT2D eigenvalue weighted by atomic mass is 16.5. The molecule has 1 aromatic rings. The second kappa shape index (κ2) is 7.27. The maximum absolute atomic E-state index is 11.4. The van der Waals surface area contributed by atoms with Crippen molar-refractivity contribution in [1.82, 2.24) is 0 Å². The van der Waals surface area contributed by atoms with Crippen LogP contribution in [0.25, 0.3) is 0 Å². The van der Waals surface area contributed by atoms with Crippen molar-refractivity contribution >= 4 is 5.78 Å². The third kappa shape index (κ3) is 3.64. The van der Waals surface area contributed by atoms with Gasteiger partial charge in [0.15, 0.2) is 17.3 Å². The van der Waals surface area contributed by atoms with Gasteiger partial charge in [-0.25, -0.2) is 0 Å². The number of aliphatic hydroxyl groups is 4. The van der Waals surface area contributed by atoms with Crippen LogP contribution in [0.15, 0.2) is 18.2 Å². The summed E-state index contributed by atoms with van der Waals surface area (Å²) in [6, 6.07) is 4.65. The third-order valence-electron chi connectivity index (χ3n) is 4.18. The molecule has 0 unspecified atom stereocenters. The van der Waals surface area contributed by atoms with Crippen LogP contribution in [0.1, 0.15) is 23.7 Å². The largest absolute Gasteiger partial charge is 0.493 e. The van der Waals surface area contributed by atoms with Crippen molar-refractivity contribution in [2.24, 2.45) is 5.92 Å². The fraction of sp³-hybridized carbons (Fsp3) is 0.562. The normalized spacial score (nSPS) is 30.8. The molecule has 1 saturated carbocycles. The summed E-state index contributed by atoms with van der Waals surface area (Å²) < 4.78 is 10.9. The van der Waals surface area contributed by atoms with E-state index < -0.39 is 30.3 Å². The van der Waals surface area contributed by atoms with Gasteiger partial charge >= 0.3 is 0 Å². The van der Waals surface area contributed by atoms with Crippen LogP contribution in [-0.2, 0) is 0 Å². The van der Waals surface area contributed by atoms with E-state index in [9.17, 15) is 25.2 Å². The van der Waals surface area contributed by atoms with Gasteiger partial charge in [-0.05, 0) is 31.5 Å². The van der Waals surface area contributed by atoms with Crippen LogP contribution in [0.4, 0.5) is 0 Å². The lowest BCUT2D eigenvalue weighted by molar-refractivity contribution is -0.157. The van der Waals surface area contributed by atoms with Gasteiger partial charge in [0.2, 0.25) is 0 Å². The highest BCUT2D eigenvalue weighted by molar-refractivity contribution is 5.94. The predicted octanol–water partition coefficient (Wildman–Crippen LogP) is -0.260. The van der Waals surface area contributed by atoms with Crippen molar-refractivity contribution in [2.45, 2.75) is 37.8 Å². The van der Waals surface area contributed by atoms with Crippen LogP contribution in [0.3, 0.4) is 0 Å². The molecule has 0 amide bonds. The minimum absolute atomic E-state index is 0.119. The molecule has 0 heterocycles. The summed E-state index contributed by atoms with van der Waals surface area (Å²) in [7, 11) is 1.43. The van der Waals surface area contributed by atoms with E-state index in [2.05, 4.69) is 0 Å². The van der Waals surface area contributed by atoms with Crippen LogP contribution in [0, 0.1) is 5.92 Å². The zero-order chi connectivity index (χ0) is 17.1. The molecule has 7 heteroatoms. The molecule has 0 aromatic heterocycles. The number of Topliss-reactive ketones (excluding diaryl/α,β-unsaturated/α-hetero) is 1. The third-order valence-corrected chi connectivity index (χ3v) is 4.18. The second-order valence-corrected chi connectivity index (χ2v) is 5.73. The Morgan fingerprint density at radius 3 is 2.43 bits per heavy atom. The van der Waals surface area contributed by atoms with Crippen molar-refractivity contribution in [3.05, 3.63) is 23.8 Å². The number of carbonyl (C=O) groups is 1. The highest BCUT2D eigenvalue weighted by Crippen LogP contribution is 2.34. The van der Waals surface area contributed by atoms with Gasteiger partial charge < -0.3 is 29.9 Å². The van der Waals surface area contributed by atoms with Gasteiger partial charge in [0.05, 0.1) is 13.2 Å². The minimum atomic E-state index is -1.41. The molecule has 0 bridgehead atoms. The van der Waals surface area contributed by atoms with Crippen molar-refractivity contribution in [3.63, 3.8) is 0 Å². The number of hydrogen-bond donors (Lipinski definition) is 4. The summed E-state index contributed by atoms with van der Waals surface area (Å²) in [4.78, 5) is 11.4. The molecule has 0 aliphatic heterocycles. The van der Waals surface area contributed by atoms with Crippen molar-refractivity contribution < 1.29 is 34.7 Å². The molecule has 2 rings (SSSR count). The molecule has 0 radical (unpaired) electrons. The number of benzene rings is 1. The Balaban J connectivity index is 2.22. The van der Waals surface area contributed by atoms with E-state index in [1.807, 2.05) is 0 Å². The zero-order valence-electron chi connectivity index (χ0n) is 13.0. The van der Waals surface area contributed by atoms with Crippen LogP contribution in [-0.4, -0.2) is 64.3 Å². The summed E-state index contributed by atoms with van der Waals surface area (Å²) >= 11 is 0. The fourth-order valence-corrected chi connectivity index (χ4v) is 2.73. The molecule has 4 N–H and O–H groups in total. The average molecular weight is 326 g/mol. The number of aliphatic hydroxyl groups excluding tert-OH is 4. The molecular formula is C16H22O7. The maximum Gasteiger partial charge on any atom is 0.161 e. The second-order valence-electron chi connectivity index (χ2n) is 5.73. The van der Waals surface area contributed by atoms with Crippen LogP contribution < -0.4 is 9.47 Å². The minimum Gasteiger partial charge on any atom is -0.493 e. The van der Waals surface area contributed by atoms with Gasteiger partial charge in [0.1, 0.15) is 18.3 Å². The number of rotatable bonds is 5. The molecule has 5 atom stereocenters. The molecule has 1 aliphatic rings. The highest BCUT2D eigenvalue weighted by Gasteiger charge is 2.43. The van der Waals surface area contributed by atoms with Gasteiger partial charge in [0, 0.05) is 18.1 Å². The van der Waals surface area contributed by atoms with Crippen molar-refractivity contribution in [1.29, 1.82) is 0 Å². The SMILES string of the molecule is COc1cc(C(C)=O)ccc1O[C@@H]1C[C@H](CO)[C@@H](O)[C@H](O)[C@H]1O. The Bertz CT molecular complexity index is 557. The molecule has 23 heavy (non-hydrogen) atoms. The average Bonchev–Trinajstić information content (AvgIpc) is 2.55. The van der Waals surface area contributed by atoms with Gasteiger partial charge in [-0.3, -0.25) is 4.79 Å². The first-order valence-corrected chi connectivity index (χ1v) is 7.39. The Hall–Kier alpha value is -1.67. The molecular weight excluding hydrogens is 304 g/mol. The standard InChI is InChI=1S/C16H22O7/c1-8(18)9-3-4-11(12(5-9)22-2)23-13-6-10(7-17)14(19)16(21)15(13)20/h3-5,10,13-17,19-21H,6-7H2,1-2H3/t10-,13-,14-,15+,16+/m1/s1. The molecule has 1 aromatic carbocycles. The van der Waals surface area contributed by atoms with Crippen molar-refractivity contribution in [3.8, 4) is 11.5 Å². The molecule has 1 aliphatic carbocycles. The van der Waals surface area contributed by atoms with E-state index in [0.717, 1.165) is 0 Å². The van der Waals surface area contributed by atoms with E-state index >= 15 is 0 Å². The first-order chi connectivity index (χ1) is 10.9. The van der Waals surface area contributed by atoms with E-state index in [0.29, 0.717) is 17.1 Å². The van der Waals surface area contributed by atoms with Gasteiger partial charge in [-0.2, -0.15) is 0 Å². The quantitative estimate of drug-likeness (QED) is 0.551. The number of ketones is 1. The maximum atomic E-state index is 11.4. The van der Waals surface area contributed by atoms with E-state index in [1.54, 1.807) is 12.1 Å². The monoisotopic (exact) mass is 326 g/mol. The van der Waals surface area contributed by atoms with Crippen molar-refractivity contribution in [2.75, 3.05) is 13.7 Å². The van der Waals surface area contributed by atoms with Gasteiger partial charge in [-0.1, -0.05) is 0 Å². The Morgan fingerprint density at radius 2 is 1.87 bits per heavy atom. The molecule has 0 spiro atoms. The predicted molar refractivity (Wildman–Crippen MR) is 80.6 cm³/mol. The van der Waals surface area contributed by atoms with Crippen LogP contribution in [0.5, 0.6) is 11.5 Å². The Morgan fingerprint density at radius 1 is 1.17 bits per heavy atom. The van der Waals surface area contributed by atoms with Crippen LogP contribution in [0.2, 0.25) is 0 Å². The lowest BCUT2D eigenvalue weighted by Gasteiger charge is -2.39. The number of carbonyl (C=O) groups excluding carboxylic acids is 1. The van der Waals surface area contributed by atoms with Gasteiger partial charge in [-0.15, -0.1) is 0 Å². The summed E-state index contributed by atoms with van der Waals surface area (Å²) in [5.74, 6) is -0.0831. The van der Waals surface area contributed by atoms with Crippen LogP contribution >= 0.6 is 0 Å². The molecule has 7 nitrogen and oxygen atoms in total. The summed E-state index contributed by atoms with van der Waals surface area (Å²) in [6.45, 7) is 1.11. The Kier molecular flexibility index (Phi) is 5.59. The van der Waals surface area contributed by atoms with E-state index in [-0.39, 0.29) is 18.8 Å². The number of hydrogen-bond acceptors (Lipinski definition) is 7. The molecule has 0 saturated heterocycles. The number of ether oxygens (including phenoxy) is 2. The molecule has 128 valence electrons. The lowest BCUT2D eigenvalue weighted by Crippen LogP contribution is -2.56. The summed E-state index contributed by atoms with van der Waals surface area (Å²) in [6.07, 6.45) is -4.56. The lowest BCUT2D eigenvalue weighted by atomic mass is 9.81.